The number of hydrogen-bond donors (Lipinski definition) is 0. The van der Waals surface area contributed by atoms with E-state index >= 15 is 0 Å². The van der Waals surface area contributed by atoms with Crippen LogP contribution in [0.5, 0.6) is 0 Å². The maximum Gasteiger partial charge on any atom is 0.246 e. The summed E-state index contributed by atoms with van der Waals surface area (Å²) in [4.78, 5) is -0.326. The van der Waals surface area contributed by atoms with Gasteiger partial charge in [-0.15, -0.1) is 6.58 Å². The van der Waals surface area contributed by atoms with Crippen LogP contribution in [0.1, 0.15) is 20.8 Å². The molecule has 0 fully saturated rings. The van der Waals surface area contributed by atoms with Crippen LogP contribution in [0, 0.1) is 5.82 Å². The third-order valence-electron chi connectivity index (χ3n) is 2.51. The topological polar surface area (TPSA) is 37.4 Å². The highest BCUT2D eigenvalue weighted by atomic mass is 79.9. The molecule has 0 amide bonds. The molecule has 0 N–H and O–H groups in total. The number of nitrogens with zero attached hydrogens (tertiary/aromatic N) is 1. The highest BCUT2D eigenvalue weighted by Gasteiger charge is 2.34. The maximum absolute atomic E-state index is 13.9. The van der Waals surface area contributed by atoms with Gasteiger partial charge in [-0.1, -0.05) is 22.0 Å². The van der Waals surface area contributed by atoms with Crippen molar-refractivity contribution in [3.8, 4) is 0 Å². The van der Waals surface area contributed by atoms with E-state index in [4.69, 9.17) is 0 Å². The molecule has 0 bridgehead atoms. The Balaban J connectivity index is 3.39. The van der Waals surface area contributed by atoms with E-state index in [1.807, 2.05) is 0 Å². The van der Waals surface area contributed by atoms with E-state index in [9.17, 15) is 12.8 Å². The number of hydrogen-bond acceptors (Lipinski definition) is 2. The smallest absolute Gasteiger partial charge is 0.207 e. The van der Waals surface area contributed by atoms with Gasteiger partial charge in [0.15, 0.2) is 0 Å². The Morgan fingerprint density at radius 2 is 2.00 bits per heavy atom. The predicted octanol–water partition coefficient (Wildman–Crippen LogP) is 3.56. The van der Waals surface area contributed by atoms with E-state index in [-0.39, 0.29) is 11.4 Å². The van der Waals surface area contributed by atoms with E-state index in [1.54, 1.807) is 20.8 Å². The Bertz CT molecular complexity index is 579. The molecule has 0 aliphatic carbocycles. The molecule has 6 heteroatoms. The Kier molecular flexibility index (Phi) is 4.92. The van der Waals surface area contributed by atoms with Gasteiger partial charge in [0.05, 0.1) is 0 Å². The molecule has 0 radical (unpaired) electrons. The molecule has 0 saturated heterocycles. The summed E-state index contributed by atoms with van der Waals surface area (Å²) in [6.07, 6.45) is 1.49. The van der Waals surface area contributed by atoms with Gasteiger partial charge in [-0.2, -0.15) is 4.31 Å². The Morgan fingerprint density at radius 3 is 2.42 bits per heavy atom. The number of sulfonamides is 1. The Morgan fingerprint density at radius 1 is 1.42 bits per heavy atom. The number of benzene rings is 1. The molecule has 0 aromatic heterocycles. The Labute approximate surface area is 122 Å². The maximum atomic E-state index is 13.9. The number of rotatable bonds is 4. The molecule has 0 aliphatic heterocycles. The van der Waals surface area contributed by atoms with Crippen LogP contribution >= 0.6 is 15.9 Å². The highest BCUT2D eigenvalue weighted by molar-refractivity contribution is 9.10. The van der Waals surface area contributed by atoms with Gasteiger partial charge in [-0.25, -0.2) is 12.8 Å². The van der Waals surface area contributed by atoms with Gasteiger partial charge in [0.1, 0.15) is 10.7 Å². The SMILES string of the molecule is C=CCN(C(C)(C)C)S(=O)(=O)c1ccc(Br)cc1F. The number of halogens is 2. The lowest BCUT2D eigenvalue weighted by Gasteiger charge is -2.33. The fourth-order valence-electron chi connectivity index (χ4n) is 1.65. The summed E-state index contributed by atoms with van der Waals surface area (Å²) in [5.74, 6) is -0.771. The normalized spacial score (nSPS) is 12.7. The third kappa shape index (κ3) is 3.64. The van der Waals surface area contributed by atoms with Gasteiger partial charge >= 0.3 is 0 Å². The third-order valence-corrected chi connectivity index (χ3v) is 5.16. The minimum atomic E-state index is -3.90. The molecule has 0 saturated carbocycles. The van der Waals surface area contributed by atoms with Crippen molar-refractivity contribution in [1.29, 1.82) is 0 Å². The second-order valence-corrected chi connectivity index (χ2v) is 7.82. The largest absolute Gasteiger partial charge is 0.246 e. The highest BCUT2D eigenvalue weighted by Crippen LogP contribution is 2.27. The zero-order valence-corrected chi connectivity index (χ0v) is 13.6. The molecule has 19 heavy (non-hydrogen) atoms. The average Bonchev–Trinajstić information content (AvgIpc) is 2.23. The second kappa shape index (κ2) is 5.73. The van der Waals surface area contributed by atoms with Gasteiger partial charge in [-0.3, -0.25) is 0 Å². The molecule has 1 aromatic rings. The van der Waals surface area contributed by atoms with Crippen LogP contribution < -0.4 is 0 Å². The summed E-state index contributed by atoms with van der Waals surface area (Å²) < 4.78 is 40.6. The van der Waals surface area contributed by atoms with Crippen LogP contribution in [0.15, 0.2) is 40.2 Å². The molecule has 0 spiro atoms. The molecule has 1 aromatic carbocycles. The van der Waals surface area contributed by atoms with Crippen LogP contribution in [0.25, 0.3) is 0 Å². The predicted molar refractivity (Wildman–Crippen MR) is 77.9 cm³/mol. The zero-order chi connectivity index (χ0) is 14.8. The summed E-state index contributed by atoms with van der Waals surface area (Å²) in [6, 6.07) is 3.91. The fraction of sp³-hybridized carbons (Fsp3) is 0.385. The molecule has 1 rings (SSSR count). The van der Waals surface area contributed by atoms with Gasteiger partial charge in [-0.05, 0) is 39.0 Å². The summed E-state index contributed by atoms with van der Waals surface area (Å²) in [6.45, 7) is 8.94. The molecular weight excluding hydrogens is 333 g/mol. The lowest BCUT2D eigenvalue weighted by atomic mass is 10.1. The van der Waals surface area contributed by atoms with Gasteiger partial charge < -0.3 is 0 Å². The van der Waals surface area contributed by atoms with Gasteiger partial charge in [0, 0.05) is 16.6 Å². The van der Waals surface area contributed by atoms with Crippen LogP contribution in [-0.4, -0.2) is 24.8 Å². The minimum Gasteiger partial charge on any atom is -0.207 e. The van der Waals surface area contributed by atoms with Crippen molar-refractivity contribution in [2.45, 2.75) is 31.2 Å². The monoisotopic (exact) mass is 349 g/mol. The molecule has 0 unspecified atom stereocenters. The molecular formula is C13H17BrFNO2S. The summed E-state index contributed by atoms with van der Waals surface area (Å²) >= 11 is 3.11. The summed E-state index contributed by atoms with van der Waals surface area (Å²) in [7, 11) is -3.90. The second-order valence-electron chi connectivity index (χ2n) is 5.07. The standard InChI is InChI=1S/C13H17BrFNO2S/c1-5-8-16(13(2,3)4)19(17,18)12-7-6-10(14)9-11(12)15/h5-7,9H,1,8H2,2-4H3. The first-order chi connectivity index (χ1) is 8.60. The molecule has 0 atom stereocenters. The summed E-state index contributed by atoms with van der Waals surface area (Å²) in [5, 5.41) is 0. The van der Waals surface area contributed by atoms with Gasteiger partial charge in [0.2, 0.25) is 10.0 Å². The molecule has 3 nitrogen and oxygen atoms in total. The van der Waals surface area contributed by atoms with Crippen LogP contribution in [0.2, 0.25) is 0 Å². The van der Waals surface area contributed by atoms with Crippen LogP contribution in [0.3, 0.4) is 0 Å². The lowest BCUT2D eigenvalue weighted by Crippen LogP contribution is -2.45. The average molecular weight is 350 g/mol. The van der Waals surface area contributed by atoms with Gasteiger partial charge in [0.25, 0.3) is 0 Å². The first-order valence-corrected chi connectivity index (χ1v) is 7.93. The summed E-state index contributed by atoms with van der Waals surface area (Å²) in [5.41, 5.74) is -0.660. The molecule has 0 heterocycles. The van der Waals surface area contributed by atoms with Crippen molar-refractivity contribution < 1.29 is 12.8 Å². The first-order valence-electron chi connectivity index (χ1n) is 5.69. The van der Waals surface area contributed by atoms with Crippen molar-refractivity contribution >= 4 is 26.0 Å². The van der Waals surface area contributed by atoms with E-state index in [1.165, 1.54) is 22.5 Å². The Hall–Kier alpha value is -0.720. The van der Waals surface area contributed by atoms with Crippen molar-refractivity contribution in [1.82, 2.24) is 4.31 Å². The van der Waals surface area contributed by atoms with E-state index in [0.29, 0.717) is 4.47 Å². The van der Waals surface area contributed by atoms with Crippen molar-refractivity contribution in [2.24, 2.45) is 0 Å². The van der Waals surface area contributed by atoms with E-state index < -0.39 is 21.4 Å². The fourth-order valence-corrected chi connectivity index (χ4v) is 3.79. The molecule has 0 aliphatic rings. The van der Waals surface area contributed by atoms with E-state index in [2.05, 4.69) is 22.5 Å². The van der Waals surface area contributed by atoms with Crippen molar-refractivity contribution in [2.75, 3.05) is 6.54 Å². The van der Waals surface area contributed by atoms with Crippen LogP contribution in [0.4, 0.5) is 4.39 Å². The zero-order valence-electron chi connectivity index (χ0n) is 11.2. The first kappa shape index (κ1) is 16.3. The van der Waals surface area contributed by atoms with Crippen LogP contribution in [-0.2, 0) is 10.0 Å². The minimum absolute atomic E-state index is 0.126. The van der Waals surface area contributed by atoms with Crippen molar-refractivity contribution in [3.63, 3.8) is 0 Å². The lowest BCUT2D eigenvalue weighted by molar-refractivity contribution is 0.269. The quantitative estimate of drug-likeness (QED) is 0.779. The van der Waals surface area contributed by atoms with E-state index in [0.717, 1.165) is 6.07 Å². The van der Waals surface area contributed by atoms with Crippen molar-refractivity contribution in [3.05, 3.63) is 41.1 Å². The molecule has 106 valence electrons.